The minimum Gasteiger partial charge on any atom is -0.465 e. The highest BCUT2D eigenvalue weighted by Crippen LogP contribution is 2.24. The van der Waals surface area contributed by atoms with Gasteiger partial charge in [-0.1, -0.05) is 0 Å². The molecule has 3 rings (SSSR count). The van der Waals surface area contributed by atoms with Crippen LogP contribution < -0.4 is 4.90 Å². The number of fused-ring (bicyclic) bond motifs is 3. The lowest BCUT2D eigenvalue weighted by Crippen LogP contribution is -2.12. The summed E-state index contributed by atoms with van der Waals surface area (Å²) in [5, 5.41) is 0. The van der Waals surface area contributed by atoms with Crippen LogP contribution >= 0.6 is 0 Å². The highest BCUT2D eigenvalue weighted by Gasteiger charge is 2.13. The van der Waals surface area contributed by atoms with Crippen LogP contribution in [0, 0.1) is 0 Å². The standard InChI is InChI=1S/C14H14N4O2/c1-17(2)13-12-7-15-8-18(12)11-6-9(14(19)20-3)4-5-10(11)16-13/h4-8H,1-3H3. The average Bonchev–Trinajstić information content (AvgIpc) is 2.94. The Labute approximate surface area is 115 Å². The first-order valence-corrected chi connectivity index (χ1v) is 6.13. The van der Waals surface area contributed by atoms with E-state index < -0.39 is 0 Å². The Balaban J connectivity index is 2.36. The molecule has 6 heteroatoms. The van der Waals surface area contributed by atoms with Gasteiger partial charge in [0.15, 0.2) is 5.82 Å². The SMILES string of the molecule is COC(=O)c1ccc2nc(N(C)C)c3cncn3c2c1. The number of aromatic nitrogens is 3. The fraction of sp³-hybridized carbons (Fsp3) is 0.214. The number of esters is 1. The minimum atomic E-state index is -0.364. The lowest BCUT2D eigenvalue weighted by atomic mass is 10.2. The van der Waals surface area contributed by atoms with Gasteiger partial charge in [-0.3, -0.25) is 4.40 Å². The summed E-state index contributed by atoms with van der Waals surface area (Å²) in [6, 6.07) is 5.29. The van der Waals surface area contributed by atoms with Crippen molar-refractivity contribution in [3.05, 3.63) is 36.3 Å². The van der Waals surface area contributed by atoms with Crippen LogP contribution in [0.5, 0.6) is 0 Å². The number of carbonyl (C=O) groups is 1. The number of benzene rings is 1. The molecule has 2 heterocycles. The molecule has 0 amide bonds. The summed E-state index contributed by atoms with van der Waals surface area (Å²) in [4.78, 5) is 22.3. The van der Waals surface area contributed by atoms with Gasteiger partial charge in [-0.05, 0) is 18.2 Å². The third-order valence-electron chi connectivity index (χ3n) is 3.17. The van der Waals surface area contributed by atoms with Gasteiger partial charge in [0.05, 0.1) is 36.2 Å². The molecule has 0 aliphatic carbocycles. The molecular formula is C14H14N4O2. The molecule has 0 fully saturated rings. The van der Waals surface area contributed by atoms with Crippen LogP contribution in [0.3, 0.4) is 0 Å². The van der Waals surface area contributed by atoms with E-state index in [0.717, 1.165) is 22.4 Å². The summed E-state index contributed by atoms with van der Waals surface area (Å²) in [5.74, 6) is 0.470. The van der Waals surface area contributed by atoms with Crippen molar-refractivity contribution in [2.24, 2.45) is 0 Å². The molecule has 1 aromatic carbocycles. The first-order valence-electron chi connectivity index (χ1n) is 6.13. The van der Waals surface area contributed by atoms with Gasteiger partial charge in [-0.2, -0.15) is 0 Å². The first-order chi connectivity index (χ1) is 9.61. The van der Waals surface area contributed by atoms with Gasteiger partial charge in [0.25, 0.3) is 0 Å². The van der Waals surface area contributed by atoms with Crippen LogP contribution in [0.2, 0.25) is 0 Å². The number of nitrogens with zero attached hydrogens (tertiary/aromatic N) is 4. The van der Waals surface area contributed by atoms with E-state index in [-0.39, 0.29) is 5.97 Å². The van der Waals surface area contributed by atoms with Gasteiger partial charge < -0.3 is 9.64 Å². The summed E-state index contributed by atoms with van der Waals surface area (Å²) >= 11 is 0. The number of imidazole rings is 1. The second kappa shape index (κ2) is 4.48. The third kappa shape index (κ3) is 1.77. The van der Waals surface area contributed by atoms with E-state index in [1.807, 2.05) is 29.5 Å². The maximum atomic E-state index is 11.6. The molecule has 0 aliphatic rings. The first kappa shape index (κ1) is 12.4. The van der Waals surface area contributed by atoms with Crippen molar-refractivity contribution < 1.29 is 9.53 Å². The molecule has 0 atom stereocenters. The zero-order chi connectivity index (χ0) is 14.3. The predicted octanol–water partition coefficient (Wildman–Crippen LogP) is 1.74. The van der Waals surface area contributed by atoms with Gasteiger partial charge in [0, 0.05) is 14.1 Å². The lowest BCUT2D eigenvalue weighted by molar-refractivity contribution is 0.0601. The maximum Gasteiger partial charge on any atom is 0.337 e. The molecule has 6 nitrogen and oxygen atoms in total. The fourth-order valence-electron chi connectivity index (χ4n) is 2.21. The van der Waals surface area contributed by atoms with Crippen molar-refractivity contribution in [3.8, 4) is 0 Å². The summed E-state index contributed by atoms with van der Waals surface area (Å²) in [5.41, 5.74) is 3.01. The maximum absolute atomic E-state index is 11.6. The smallest absolute Gasteiger partial charge is 0.337 e. The van der Waals surface area contributed by atoms with Crippen LogP contribution in [0.25, 0.3) is 16.6 Å². The Morgan fingerprint density at radius 3 is 2.80 bits per heavy atom. The van der Waals surface area contributed by atoms with Crippen molar-refractivity contribution >= 4 is 28.3 Å². The van der Waals surface area contributed by atoms with Crippen LogP contribution in [0.4, 0.5) is 5.82 Å². The topological polar surface area (TPSA) is 59.7 Å². The largest absolute Gasteiger partial charge is 0.465 e. The highest BCUT2D eigenvalue weighted by molar-refractivity contribution is 5.95. The normalized spacial score (nSPS) is 10.9. The fourth-order valence-corrected chi connectivity index (χ4v) is 2.21. The Morgan fingerprint density at radius 1 is 1.30 bits per heavy atom. The molecule has 20 heavy (non-hydrogen) atoms. The summed E-state index contributed by atoms with van der Waals surface area (Å²) in [6.45, 7) is 0. The Hall–Kier alpha value is -2.63. The Morgan fingerprint density at radius 2 is 2.10 bits per heavy atom. The number of rotatable bonds is 2. The second-order valence-electron chi connectivity index (χ2n) is 4.67. The van der Waals surface area contributed by atoms with Crippen molar-refractivity contribution in [1.29, 1.82) is 0 Å². The molecule has 0 N–H and O–H groups in total. The predicted molar refractivity (Wildman–Crippen MR) is 76.2 cm³/mol. The monoisotopic (exact) mass is 270 g/mol. The van der Waals surface area contributed by atoms with Gasteiger partial charge >= 0.3 is 5.97 Å². The van der Waals surface area contributed by atoms with E-state index in [9.17, 15) is 4.79 Å². The van der Waals surface area contributed by atoms with Crippen molar-refractivity contribution in [2.75, 3.05) is 26.1 Å². The molecule has 3 aromatic rings. The number of ether oxygens (including phenoxy) is 1. The molecule has 0 bridgehead atoms. The Kier molecular flexibility index (Phi) is 2.78. The van der Waals surface area contributed by atoms with Gasteiger partial charge in [-0.25, -0.2) is 14.8 Å². The molecule has 0 saturated carbocycles. The van der Waals surface area contributed by atoms with Crippen LogP contribution in [0.1, 0.15) is 10.4 Å². The molecule has 2 aromatic heterocycles. The summed E-state index contributed by atoms with van der Waals surface area (Å²) in [6.07, 6.45) is 3.47. The summed E-state index contributed by atoms with van der Waals surface area (Å²) < 4.78 is 6.67. The minimum absolute atomic E-state index is 0.364. The molecule has 0 radical (unpaired) electrons. The van der Waals surface area contributed by atoms with Gasteiger partial charge in [0.2, 0.25) is 0 Å². The van der Waals surface area contributed by atoms with E-state index in [1.54, 1.807) is 24.7 Å². The van der Waals surface area contributed by atoms with Gasteiger partial charge in [-0.15, -0.1) is 0 Å². The molecular weight excluding hydrogens is 256 g/mol. The molecule has 102 valence electrons. The lowest BCUT2D eigenvalue weighted by Gasteiger charge is -2.14. The van der Waals surface area contributed by atoms with Crippen LogP contribution in [-0.4, -0.2) is 41.5 Å². The molecule has 0 unspecified atom stereocenters. The highest BCUT2D eigenvalue weighted by atomic mass is 16.5. The van der Waals surface area contributed by atoms with Crippen LogP contribution in [0.15, 0.2) is 30.7 Å². The molecule has 0 saturated heterocycles. The zero-order valence-electron chi connectivity index (χ0n) is 11.5. The van der Waals surface area contributed by atoms with Crippen molar-refractivity contribution in [2.45, 2.75) is 0 Å². The van der Waals surface area contributed by atoms with Crippen LogP contribution in [-0.2, 0) is 4.74 Å². The zero-order valence-corrected chi connectivity index (χ0v) is 11.5. The Bertz CT molecular complexity index is 807. The number of methoxy groups -OCH3 is 1. The number of carbonyl (C=O) groups excluding carboxylic acids is 1. The average molecular weight is 270 g/mol. The number of hydrogen-bond donors (Lipinski definition) is 0. The van der Waals surface area contributed by atoms with E-state index >= 15 is 0 Å². The molecule has 0 spiro atoms. The number of hydrogen-bond acceptors (Lipinski definition) is 5. The third-order valence-corrected chi connectivity index (χ3v) is 3.17. The summed E-state index contributed by atoms with van der Waals surface area (Å²) in [7, 11) is 5.24. The van der Waals surface area contributed by atoms with Crippen molar-refractivity contribution in [3.63, 3.8) is 0 Å². The van der Waals surface area contributed by atoms with Crippen molar-refractivity contribution in [1.82, 2.24) is 14.4 Å². The van der Waals surface area contributed by atoms with E-state index in [2.05, 4.69) is 9.97 Å². The number of anilines is 1. The van der Waals surface area contributed by atoms with Gasteiger partial charge in [0.1, 0.15) is 5.52 Å². The molecule has 0 aliphatic heterocycles. The second-order valence-corrected chi connectivity index (χ2v) is 4.67. The van der Waals surface area contributed by atoms with E-state index in [1.165, 1.54) is 7.11 Å². The quantitative estimate of drug-likeness (QED) is 0.664. The van der Waals surface area contributed by atoms with E-state index in [4.69, 9.17) is 4.74 Å². The van der Waals surface area contributed by atoms with E-state index in [0.29, 0.717) is 5.56 Å².